The maximum Gasteiger partial charge on any atom is -0.0273 e. The lowest BCUT2D eigenvalue weighted by Gasteiger charge is -2.23. The summed E-state index contributed by atoms with van der Waals surface area (Å²) >= 11 is 0. The zero-order valence-corrected chi connectivity index (χ0v) is 10.2. The predicted molar refractivity (Wildman–Crippen MR) is 71.4 cm³/mol. The largest absolute Gasteiger partial charge is 0.0991 e. The first-order valence-electron chi connectivity index (χ1n) is 6.62. The molecule has 0 fully saturated rings. The standard InChI is InChI=1S/C16H22/c1-2-3-9-14-12-7-8-13-16(14)15-10-5-4-6-11-15/h2-3,9-10H,1,4-8,11-13H2. The van der Waals surface area contributed by atoms with E-state index in [4.69, 9.17) is 0 Å². The molecule has 0 bridgehead atoms. The van der Waals surface area contributed by atoms with Gasteiger partial charge in [-0.15, -0.1) is 0 Å². The molecule has 0 saturated carbocycles. The number of allylic oxidation sites excluding steroid dienone is 7. The molecule has 0 aromatic heterocycles. The Morgan fingerprint density at radius 2 is 1.81 bits per heavy atom. The summed E-state index contributed by atoms with van der Waals surface area (Å²) in [4.78, 5) is 0. The fourth-order valence-corrected chi connectivity index (χ4v) is 2.78. The van der Waals surface area contributed by atoms with Crippen molar-refractivity contribution in [1.82, 2.24) is 0 Å². The van der Waals surface area contributed by atoms with Crippen molar-refractivity contribution < 1.29 is 0 Å². The van der Waals surface area contributed by atoms with Crippen LogP contribution in [0.15, 0.2) is 47.6 Å². The molecule has 0 heterocycles. The van der Waals surface area contributed by atoms with Gasteiger partial charge in [0.15, 0.2) is 0 Å². The average molecular weight is 214 g/mol. The van der Waals surface area contributed by atoms with E-state index in [1.807, 2.05) is 6.08 Å². The van der Waals surface area contributed by atoms with Crippen LogP contribution in [0.25, 0.3) is 0 Å². The van der Waals surface area contributed by atoms with Gasteiger partial charge >= 0.3 is 0 Å². The first kappa shape index (κ1) is 11.4. The van der Waals surface area contributed by atoms with Crippen LogP contribution in [0.2, 0.25) is 0 Å². The summed E-state index contributed by atoms with van der Waals surface area (Å²) in [6, 6.07) is 0. The highest BCUT2D eigenvalue weighted by atomic mass is 14.2. The van der Waals surface area contributed by atoms with Crippen molar-refractivity contribution in [1.29, 1.82) is 0 Å². The minimum Gasteiger partial charge on any atom is -0.0991 e. The Balaban J connectivity index is 2.24. The molecule has 2 rings (SSSR count). The molecule has 16 heavy (non-hydrogen) atoms. The van der Waals surface area contributed by atoms with E-state index in [0.717, 1.165) is 0 Å². The highest BCUT2D eigenvalue weighted by molar-refractivity contribution is 5.42. The van der Waals surface area contributed by atoms with Crippen LogP contribution in [-0.4, -0.2) is 0 Å². The third-order valence-electron chi connectivity index (χ3n) is 3.62. The summed E-state index contributed by atoms with van der Waals surface area (Å²) in [6.07, 6.45) is 19.4. The first-order valence-corrected chi connectivity index (χ1v) is 6.62. The molecule has 0 aromatic rings. The lowest BCUT2D eigenvalue weighted by Crippen LogP contribution is -2.03. The van der Waals surface area contributed by atoms with Crippen molar-refractivity contribution in [3.8, 4) is 0 Å². The summed E-state index contributed by atoms with van der Waals surface area (Å²) in [5.41, 5.74) is 4.87. The van der Waals surface area contributed by atoms with Gasteiger partial charge in [-0.1, -0.05) is 30.9 Å². The van der Waals surface area contributed by atoms with Gasteiger partial charge < -0.3 is 0 Å². The molecule has 2 aliphatic carbocycles. The third-order valence-corrected chi connectivity index (χ3v) is 3.62. The Hall–Kier alpha value is -1.04. The van der Waals surface area contributed by atoms with Gasteiger partial charge in [-0.05, 0) is 68.1 Å². The number of hydrogen-bond donors (Lipinski definition) is 0. The monoisotopic (exact) mass is 214 g/mol. The highest BCUT2D eigenvalue weighted by Crippen LogP contribution is 2.34. The Morgan fingerprint density at radius 3 is 2.56 bits per heavy atom. The van der Waals surface area contributed by atoms with Crippen LogP contribution in [0, 0.1) is 0 Å². The molecule has 0 atom stereocenters. The van der Waals surface area contributed by atoms with Gasteiger partial charge in [0.25, 0.3) is 0 Å². The average Bonchev–Trinajstić information content (AvgIpc) is 2.38. The Bertz CT molecular complexity index is 339. The van der Waals surface area contributed by atoms with Crippen molar-refractivity contribution in [2.24, 2.45) is 0 Å². The lowest BCUT2D eigenvalue weighted by atomic mass is 9.83. The molecule has 0 unspecified atom stereocenters. The SMILES string of the molecule is C=CC=CC1=C(C2=CCCCC2)CCCC1. The summed E-state index contributed by atoms with van der Waals surface area (Å²) < 4.78 is 0. The smallest absolute Gasteiger partial charge is 0.0273 e. The summed E-state index contributed by atoms with van der Waals surface area (Å²) in [6.45, 7) is 3.76. The molecule has 0 aliphatic heterocycles. The molecule has 86 valence electrons. The van der Waals surface area contributed by atoms with Crippen molar-refractivity contribution in [2.45, 2.75) is 51.4 Å². The molecule has 0 aromatic carbocycles. The van der Waals surface area contributed by atoms with Gasteiger partial charge in [0.05, 0.1) is 0 Å². The molecule has 0 nitrogen and oxygen atoms in total. The van der Waals surface area contributed by atoms with Gasteiger partial charge in [-0.2, -0.15) is 0 Å². The lowest BCUT2D eigenvalue weighted by molar-refractivity contribution is 0.653. The molecular formula is C16H22. The summed E-state index contributed by atoms with van der Waals surface area (Å²) in [5.74, 6) is 0. The maximum absolute atomic E-state index is 3.76. The molecule has 0 N–H and O–H groups in total. The van der Waals surface area contributed by atoms with Crippen molar-refractivity contribution >= 4 is 0 Å². The van der Waals surface area contributed by atoms with Gasteiger partial charge in [0.1, 0.15) is 0 Å². The van der Waals surface area contributed by atoms with E-state index in [1.54, 1.807) is 16.7 Å². The van der Waals surface area contributed by atoms with Gasteiger partial charge in [-0.3, -0.25) is 0 Å². The molecule has 0 spiro atoms. The van der Waals surface area contributed by atoms with Crippen LogP contribution in [0.4, 0.5) is 0 Å². The van der Waals surface area contributed by atoms with Gasteiger partial charge in [0, 0.05) is 0 Å². The Morgan fingerprint density at radius 1 is 1.00 bits per heavy atom. The summed E-state index contributed by atoms with van der Waals surface area (Å²) in [7, 11) is 0. The second-order valence-corrected chi connectivity index (χ2v) is 4.78. The van der Waals surface area contributed by atoms with E-state index in [0.29, 0.717) is 0 Å². The van der Waals surface area contributed by atoms with Crippen LogP contribution < -0.4 is 0 Å². The minimum absolute atomic E-state index is 1.26. The minimum atomic E-state index is 1.26. The first-order chi connectivity index (χ1) is 7.92. The van der Waals surface area contributed by atoms with E-state index >= 15 is 0 Å². The van der Waals surface area contributed by atoms with E-state index < -0.39 is 0 Å². The van der Waals surface area contributed by atoms with Crippen LogP contribution in [0.5, 0.6) is 0 Å². The zero-order valence-electron chi connectivity index (χ0n) is 10.2. The van der Waals surface area contributed by atoms with E-state index in [1.165, 1.54) is 51.4 Å². The number of hydrogen-bond acceptors (Lipinski definition) is 0. The molecule has 0 heteroatoms. The van der Waals surface area contributed by atoms with E-state index in [-0.39, 0.29) is 0 Å². The number of rotatable bonds is 3. The fraction of sp³-hybridized carbons (Fsp3) is 0.500. The topological polar surface area (TPSA) is 0 Å². The van der Waals surface area contributed by atoms with Crippen molar-refractivity contribution in [2.75, 3.05) is 0 Å². The Labute approximate surface area is 99.4 Å². The molecule has 0 radical (unpaired) electrons. The molecule has 2 aliphatic rings. The van der Waals surface area contributed by atoms with Crippen LogP contribution in [0.1, 0.15) is 51.4 Å². The fourth-order valence-electron chi connectivity index (χ4n) is 2.78. The van der Waals surface area contributed by atoms with Crippen LogP contribution in [-0.2, 0) is 0 Å². The van der Waals surface area contributed by atoms with E-state index in [2.05, 4.69) is 24.8 Å². The zero-order chi connectivity index (χ0) is 11.2. The van der Waals surface area contributed by atoms with Crippen LogP contribution >= 0.6 is 0 Å². The molecular weight excluding hydrogens is 192 g/mol. The maximum atomic E-state index is 3.76. The van der Waals surface area contributed by atoms with Crippen molar-refractivity contribution in [3.05, 3.63) is 47.6 Å². The van der Waals surface area contributed by atoms with Crippen LogP contribution in [0.3, 0.4) is 0 Å². The summed E-state index contributed by atoms with van der Waals surface area (Å²) in [5, 5.41) is 0. The van der Waals surface area contributed by atoms with Crippen molar-refractivity contribution in [3.63, 3.8) is 0 Å². The van der Waals surface area contributed by atoms with Gasteiger partial charge in [0.2, 0.25) is 0 Å². The van der Waals surface area contributed by atoms with Gasteiger partial charge in [-0.25, -0.2) is 0 Å². The quantitative estimate of drug-likeness (QED) is 0.573. The predicted octanol–water partition coefficient (Wildman–Crippen LogP) is 5.10. The van der Waals surface area contributed by atoms with E-state index in [9.17, 15) is 0 Å². The normalized spacial score (nSPS) is 22.4. The highest BCUT2D eigenvalue weighted by Gasteiger charge is 2.15. The molecule has 0 saturated heterocycles. The second-order valence-electron chi connectivity index (χ2n) is 4.78. The second kappa shape index (κ2) is 5.89. The Kier molecular flexibility index (Phi) is 4.21. The molecule has 0 amide bonds. The third kappa shape index (κ3) is 2.75.